The maximum absolute atomic E-state index is 13.3. The molecule has 0 unspecified atom stereocenters. The number of fused-ring (bicyclic) bond motifs is 3. The van der Waals surface area contributed by atoms with E-state index in [0.29, 0.717) is 34.7 Å². The van der Waals surface area contributed by atoms with Crippen molar-refractivity contribution in [3.63, 3.8) is 0 Å². The van der Waals surface area contributed by atoms with Gasteiger partial charge in [0, 0.05) is 43.3 Å². The van der Waals surface area contributed by atoms with Crippen LogP contribution in [0, 0.1) is 17.2 Å². The van der Waals surface area contributed by atoms with E-state index in [9.17, 15) is 10.1 Å². The number of piperidine rings is 2. The smallest absolute Gasteiger partial charge is 0.251 e. The molecule has 2 aromatic heterocycles. The van der Waals surface area contributed by atoms with E-state index in [1.54, 1.807) is 25.7 Å². The number of anilines is 3. The number of ether oxygens (including phenoxy) is 1. The van der Waals surface area contributed by atoms with Gasteiger partial charge in [-0.15, -0.1) is 0 Å². The number of benzene rings is 1. The van der Waals surface area contributed by atoms with Crippen molar-refractivity contribution in [2.24, 2.45) is 5.92 Å². The van der Waals surface area contributed by atoms with Crippen LogP contribution in [0.4, 0.5) is 17.5 Å². The minimum atomic E-state index is -0.0808. The van der Waals surface area contributed by atoms with Crippen LogP contribution in [0.15, 0.2) is 30.7 Å². The first-order valence-electron chi connectivity index (χ1n) is 17.7. The lowest BCUT2D eigenvalue weighted by Crippen LogP contribution is -2.51. The van der Waals surface area contributed by atoms with Gasteiger partial charge in [0.15, 0.2) is 11.5 Å². The van der Waals surface area contributed by atoms with Gasteiger partial charge in [0.05, 0.1) is 30.7 Å². The van der Waals surface area contributed by atoms with Gasteiger partial charge >= 0.3 is 0 Å². The predicted octanol–water partition coefficient (Wildman–Crippen LogP) is 5.03. The number of methoxy groups -OCH3 is 1. The molecule has 3 aliphatic heterocycles. The number of hydrogen-bond acceptors (Lipinski definition) is 10. The highest BCUT2D eigenvalue weighted by Crippen LogP contribution is 2.42. The third kappa shape index (κ3) is 6.45. The van der Waals surface area contributed by atoms with Gasteiger partial charge in [-0.2, -0.15) is 10.2 Å². The Morgan fingerprint density at radius 2 is 1.85 bits per heavy atom. The quantitative estimate of drug-likeness (QED) is 0.308. The molecule has 254 valence electrons. The largest absolute Gasteiger partial charge is 0.495 e. The zero-order valence-corrected chi connectivity index (χ0v) is 28.7. The Bertz CT molecular complexity index is 1660. The van der Waals surface area contributed by atoms with Crippen LogP contribution in [-0.4, -0.2) is 93.2 Å². The van der Waals surface area contributed by atoms with E-state index in [2.05, 4.69) is 62.1 Å². The molecule has 3 fully saturated rings. The highest BCUT2D eigenvalue weighted by Gasteiger charge is 2.36. The lowest BCUT2D eigenvalue weighted by Gasteiger charge is -2.42. The fraction of sp³-hybridized carbons (Fsp3) is 0.583. The lowest BCUT2D eigenvalue weighted by atomic mass is 9.97. The number of nitrogens with one attached hydrogen (secondary N) is 2. The molecular formula is C36H48N10O2. The minimum Gasteiger partial charge on any atom is -0.495 e. The third-order valence-electron chi connectivity index (χ3n) is 10.6. The first-order chi connectivity index (χ1) is 23.4. The third-order valence-corrected chi connectivity index (χ3v) is 10.6. The van der Waals surface area contributed by atoms with Gasteiger partial charge in [0.1, 0.15) is 23.8 Å². The van der Waals surface area contributed by atoms with Gasteiger partial charge in [-0.05, 0) is 96.0 Å². The number of nitrogens with zero attached hydrogens (tertiary/aromatic N) is 8. The van der Waals surface area contributed by atoms with Crippen LogP contribution in [-0.2, 0) is 0 Å². The first kappa shape index (κ1) is 32.3. The summed E-state index contributed by atoms with van der Waals surface area (Å²) in [6.45, 7) is 12.2. The van der Waals surface area contributed by atoms with Gasteiger partial charge in [0.2, 0.25) is 5.95 Å². The number of aromatic nitrogens is 4. The summed E-state index contributed by atoms with van der Waals surface area (Å²) in [5, 5.41) is 16.3. The molecule has 3 aromatic rings. The monoisotopic (exact) mass is 652 g/mol. The molecule has 0 radical (unpaired) electrons. The van der Waals surface area contributed by atoms with Crippen molar-refractivity contribution in [2.75, 3.05) is 50.1 Å². The van der Waals surface area contributed by atoms with E-state index in [4.69, 9.17) is 9.72 Å². The van der Waals surface area contributed by atoms with Gasteiger partial charge in [-0.25, -0.2) is 9.97 Å². The zero-order chi connectivity index (χ0) is 33.4. The summed E-state index contributed by atoms with van der Waals surface area (Å²) in [5.74, 6) is 2.60. The SMILES string of the molecule is CC[C@@H]1c2c(C#N)ncn2-c2cnc(Nc3ccc(C(=O)NC4CCN(C5CCN(CC6CC6)CC5)CC4)cc3OC)nc2N1C(C)C. The molecule has 5 heterocycles. The summed E-state index contributed by atoms with van der Waals surface area (Å²) in [6.07, 6.45) is 11.6. The van der Waals surface area contributed by atoms with Crippen LogP contribution in [0.3, 0.4) is 0 Å². The lowest BCUT2D eigenvalue weighted by molar-refractivity contribution is 0.0755. The Balaban J connectivity index is 0.992. The molecule has 0 bridgehead atoms. The van der Waals surface area contributed by atoms with Gasteiger partial charge < -0.3 is 30.1 Å². The van der Waals surface area contributed by atoms with Crippen LogP contribution < -0.4 is 20.3 Å². The van der Waals surface area contributed by atoms with Gasteiger partial charge in [-0.1, -0.05) is 6.92 Å². The van der Waals surface area contributed by atoms with Crippen LogP contribution in [0.5, 0.6) is 5.75 Å². The Morgan fingerprint density at radius 1 is 1.08 bits per heavy atom. The summed E-state index contributed by atoms with van der Waals surface area (Å²) in [4.78, 5) is 34.8. The summed E-state index contributed by atoms with van der Waals surface area (Å²) >= 11 is 0. The number of nitriles is 1. The number of amides is 1. The Labute approximate surface area is 283 Å². The van der Waals surface area contributed by atoms with E-state index >= 15 is 0 Å². The van der Waals surface area contributed by atoms with Crippen molar-refractivity contribution < 1.29 is 9.53 Å². The molecule has 2 N–H and O–H groups in total. The first-order valence-corrected chi connectivity index (χ1v) is 17.7. The van der Waals surface area contributed by atoms with Crippen LogP contribution in [0.1, 0.15) is 93.5 Å². The predicted molar refractivity (Wildman–Crippen MR) is 185 cm³/mol. The van der Waals surface area contributed by atoms with Crippen LogP contribution >= 0.6 is 0 Å². The number of carbonyl (C=O) groups excluding carboxylic acids is 1. The highest BCUT2D eigenvalue weighted by atomic mass is 16.5. The normalized spacial score (nSPS) is 20.7. The average Bonchev–Trinajstić information content (AvgIpc) is 3.82. The van der Waals surface area contributed by atoms with Crippen molar-refractivity contribution in [3.8, 4) is 17.5 Å². The number of likely N-dealkylation sites (tertiary alicyclic amines) is 2. The number of imidazole rings is 1. The fourth-order valence-electron chi connectivity index (χ4n) is 7.88. The molecule has 0 spiro atoms. The van der Waals surface area contributed by atoms with E-state index in [1.165, 1.54) is 45.3 Å². The van der Waals surface area contributed by atoms with E-state index in [0.717, 1.165) is 55.5 Å². The zero-order valence-electron chi connectivity index (χ0n) is 28.7. The van der Waals surface area contributed by atoms with Crippen molar-refractivity contribution in [1.29, 1.82) is 5.26 Å². The fourth-order valence-corrected chi connectivity index (χ4v) is 7.88. The molecule has 4 aliphatic rings. The number of rotatable bonds is 10. The maximum Gasteiger partial charge on any atom is 0.251 e. The second-order valence-electron chi connectivity index (χ2n) is 14.1. The van der Waals surface area contributed by atoms with Crippen LogP contribution in [0.2, 0.25) is 0 Å². The molecule has 48 heavy (non-hydrogen) atoms. The van der Waals surface area contributed by atoms with Gasteiger partial charge in [-0.3, -0.25) is 9.36 Å². The van der Waals surface area contributed by atoms with Crippen molar-refractivity contribution >= 4 is 23.4 Å². The summed E-state index contributed by atoms with van der Waals surface area (Å²) in [7, 11) is 1.60. The summed E-state index contributed by atoms with van der Waals surface area (Å²) in [6, 6.07) is 8.61. The van der Waals surface area contributed by atoms with Gasteiger partial charge in [0.25, 0.3) is 5.91 Å². The average molecular weight is 653 g/mol. The van der Waals surface area contributed by atoms with E-state index in [-0.39, 0.29) is 24.0 Å². The second-order valence-corrected chi connectivity index (χ2v) is 14.1. The second kappa shape index (κ2) is 13.7. The van der Waals surface area contributed by atoms with Crippen molar-refractivity contribution in [3.05, 3.63) is 47.7 Å². The summed E-state index contributed by atoms with van der Waals surface area (Å²) in [5.41, 5.74) is 3.30. The topological polar surface area (TPSA) is 127 Å². The molecule has 1 amide bonds. The highest BCUT2D eigenvalue weighted by molar-refractivity contribution is 5.95. The summed E-state index contributed by atoms with van der Waals surface area (Å²) < 4.78 is 7.65. The Morgan fingerprint density at radius 3 is 2.52 bits per heavy atom. The van der Waals surface area contributed by atoms with Crippen molar-refractivity contribution in [1.82, 2.24) is 34.6 Å². The molecule has 1 aromatic carbocycles. The number of hydrogen-bond donors (Lipinski definition) is 2. The number of carbonyl (C=O) groups is 1. The maximum atomic E-state index is 13.3. The minimum absolute atomic E-state index is 0.0493. The van der Waals surface area contributed by atoms with Crippen molar-refractivity contribution in [2.45, 2.75) is 89.9 Å². The molecule has 1 atom stereocenters. The van der Waals surface area contributed by atoms with Crippen LogP contribution in [0.25, 0.3) is 5.69 Å². The van der Waals surface area contributed by atoms with E-state index < -0.39 is 0 Å². The molecule has 1 aliphatic carbocycles. The standard InChI is InChI=1S/C36H48N10O2/c1-5-30-33-29(19-37)39-22-45(33)31-20-38-36(42-34(31)46(30)23(2)3)41-28-9-8-25(18-32(28)48-4)35(47)40-26-10-16-44(17-11-26)27-12-14-43(15-13-27)21-24-6-7-24/h8-9,18,20,22-24,26-27,30H,5-7,10-17,21H2,1-4H3,(H,40,47)(H,38,41,42)/t30-/m1/s1. The molecule has 12 heteroatoms. The molecule has 12 nitrogen and oxygen atoms in total. The van der Waals surface area contributed by atoms with E-state index in [1.807, 2.05) is 16.7 Å². The Kier molecular flexibility index (Phi) is 9.25. The molecule has 7 rings (SSSR count). The molecular weight excluding hydrogens is 604 g/mol. The molecule has 2 saturated heterocycles. The Hall–Kier alpha value is -4.21. The molecule has 1 saturated carbocycles.